The fourth-order valence-electron chi connectivity index (χ4n) is 0.101. The predicted octanol–water partition coefficient (Wildman–Crippen LogP) is -0.616. The van der Waals surface area contributed by atoms with Gasteiger partial charge in [-0.2, -0.15) is 0 Å². The van der Waals surface area contributed by atoms with Crippen LogP contribution in [0.15, 0.2) is 0 Å². The van der Waals surface area contributed by atoms with Crippen molar-refractivity contribution >= 4 is 16.6 Å². The SMILES string of the molecule is O=S=CCCO. The summed E-state index contributed by atoms with van der Waals surface area (Å²) in [6.07, 6.45) is 0.494. The summed E-state index contributed by atoms with van der Waals surface area (Å²) in [5.41, 5.74) is 0. The minimum Gasteiger partial charge on any atom is -0.396 e. The van der Waals surface area contributed by atoms with Crippen LogP contribution in [0.5, 0.6) is 0 Å². The second-order valence-electron chi connectivity index (χ2n) is 0.775. The van der Waals surface area contributed by atoms with E-state index in [-0.39, 0.29) is 6.61 Å². The van der Waals surface area contributed by atoms with Gasteiger partial charge >= 0.3 is 0 Å². The first kappa shape index (κ1) is 5.85. The first-order valence-corrected chi connectivity index (χ1v) is 2.43. The van der Waals surface area contributed by atoms with E-state index in [0.29, 0.717) is 17.7 Å². The van der Waals surface area contributed by atoms with Gasteiger partial charge in [-0.1, -0.05) is 0 Å². The summed E-state index contributed by atoms with van der Waals surface area (Å²) in [6, 6.07) is 0. The summed E-state index contributed by atoms with van der Waals surface area (Å²) in [6.45, 7) is 0.0786. The highest BCUT2D eigenvalue weighted by Gasteiger charge is 1.67. The molecule has 3 heteroatoms. The zero-order valence-electron chi connectivity index (χ0n) is 3.26. The standard InChI is InChI=1S/C3H6O2S/c4-2-1-3-6-5/h3-4H,1-2H2. The van der Waals surface area contributed by atoms with Crippen molar-refractivity contribution in [2.24, 2.45) is 0 Å². The summed E-state index contributed by atoms with van der Waals surface area (Å²) >= 11 is 0.391. The maximum atomic E-state index is 9.44. The molecule has 0 saturated carbocycles. The molecular formula is C3H6O2S. The summed E-state index contributed by atoms with van der Waals surface area (Å²) in [5.74, 6) is 0. The van der Waals surface area contributed by atoms with Crippen molar-refractivity contribution in [2.75, 3.05) is 6.61 Å². The topological polar surface area (TPSA) is 37.3 Å². The van der Waals surface area contributed by atoms with Gasteiger partial charge in [-0.25, -0.2) is 4.21 Å². The lowest BCUT2D eigenvalue weighted by Crippen LogP contribution is -1.79. The number of hydrogen-bond acceptors (Lipinski definition) is 2. The molecule has 0 saturated heterocycles. The van der Waals surface area contributed by atoms with E-state index in [1.165, 1.54) is 5.37 Å². The van der Waals surface area contributed by atoms with Crippen LogP contribution in [0.25, 0.3) is 0 Å². The van der Waals surface area contributed by atoms with Crippen molar-refractivity contribution in [3.8, 4) is 0 Å². The molecular weight excluding hydrogens is 100 g/mol. The van der Waals surface area contributed by atoms with E-state index in [4.69, 9.17) is 5.11 Å². The Morgan fingerprint density at radius 2 is 2.50 bits per heavy atom. The Bertz CT molecular complexity index is 65.2. The van der Waals surface area contributed by atoms with Crippen LogP contribution in [-0.2, 0) is 11.3 Å². The van der Waals surface area contributed by atoms with Gasteiger partial charge in [0.05, 0.1) is 11.3 Å². The van der Waals surface area contributed by atoms with Gasteiger partial charge in [-0.3, -0.25) is 0 Å². The minimum atomic E-state index is 0.0786. The highest BCUT2D eigenvalue weighted by Crippen LogP contribution is 1.60. The normalized spacial score (nSPS) is 7.50. The van der Waals surface area contributed by atoms with Crippen LogP contribution in [0.2, 0.25) is 0 Å². The highest BCUT2D eigenvalue weighted by molar-refractivity contribution is 7.64. The average Bonchev–Trinajstić information content (AvgIpc) is 1.61. The Morgan fingerprint density at radius 3 is 2.67 bits per heavy atom. The monoisotopic (exact) mass is 106 g/mol. The van der Waals surface area contributed by atoms with Gasteiger partial charge in [-0.15, -0.1) is 0 Å². The number of aliphatic hydroxyl groups is 1. The van der Waals surface area contributed by atoms with Crippen molar-refractivity contribution in [3.63, 3.8) is 0 Å². The lowest BCUT2D eigenvalue weighted by Gasteiger charge is -1.71. The van der Waals surface area contributed by atoms with Gasteiger partial charge in [0, 0.05) is 18.4 Å². The predicted molar refractivity (Wildman–Crippen MR) is 25.9 cm³/mol. The molecule has 0 fully saturated rings. The molecule has 0 radical (unpaired) electrons. The second-order valence-corrected chi connectivity index (χ2v) is 1.30. The van der Waals surface area contributed by atoms with Crippen molar-refractivity contribution in [3.05, 3.63) is 0 Å². The summed E-state index contributed by atoms with van der Waals surface area (Å²) in [4.78, 5) is 0. The molecule has 6 heavy (non-hydrogen) atoms. The highest BCUT2D eigenvalue weighted by atomic mass is 32.1. The smallest absolute Gasteiger partial charge is 0.0841 e. The number of aliphatic hydroxyl groups excluding tert-OH is 1. The Hall–Kier alpha value is -0.150. The fourth-order valence-corrected chi connectivity index (χ4v) is 0.302. The molecule has 0 aliphatic heterocycles. The van der Waals surface area contributed by atoms with Gasteiger partial charge in [0.15, 0.2) is 0 Å². The van der Waals surface area contributed by atoms with Crippen LogP contribution in [0, 0.1) is 0 Å². The van der Waals surface area contributed by atoms with Gasteiger partial charge < -0.3 is 5.11 Å². The van der Waals surface area contributed by atoms with Crippen LogP contribution in [-0.4, -0.2) is 21.3 Å². The van der Waals surface area contributed by atoms with Crippen molar-refractivity contribution < 1.29 is 9.32 Å². The van der Waals surface area contributed by atoms with Gasteiger partial charge in [0.1, 0.15) is 0 Å². The third-order valence-corrected chi connectivity index (χ3v) is 0.687. The largest absolute Gasteiger partial charge is 0.396 e. The van der Waals surface area contributed by atoms with Crippen molar-refractivity contribution in [2.45, 2.75) is 6.42 Å². The lowest BCUT2D eigenvalue weighted by molar-refractivity contribution is 0.309. The lowest BCUT2D eigenvalue weighted by atomic mass is 10.5. The summed E-state index contributed by atoms with van der Waals surface area (Å²) in [5, 5.41) is 9.43. The average molecular weight is 106 g/mol. The second kappa shape index (κ2) is 4.85. The van der Waals surface area contributed by atoms with Gasteiger partial charge in [-0.05, 0) is 0 Å². The Morgan fingerprint density at radius 1 is 1.83 bits per heavy atom. The van der Waals surface area contributed by atoms with Crippen LogP contribution >= 0.6 is 0 Å². The quantitative estimate of drug-likeness (QED) is 0.476. The molecule has 0 unspecified atom stereocenters. The zero-order valence-corrected chi connectivity index (χ0v) is 4.07. The van der Waals surface area contributed by atoms with Crippen LogP contribution in [0.3, 0.4) is 0 Å². The van der Waals surface area contributed by atoms with Crippen molar-refractivity contribution in [1.82, 2.24) is 0 Å². The minimum absolute atomic E-state index is 0.0786. The molecule has 0 spiro atoms. The van der Waals surface area contributed by atoms with E-state index in [1.807, 2.05) is 0 Å². The molecule has 0 bridgehead atoms. The Balaban J connectivity index is 2.86. The summed E-state index contributed by atoms with van der Waals surface area (Å²) < 4.78 is 9.44. The molecule has 0 atom stereocenters. The van der Waals surface area contributed by atoms with E-state index in [0.717, 1.165) is 0 Å². The molecule has 0 aliphatic rings. The molecule has 2 nitrogen and oxygen atoms in total. The number of hydrogen-bond donors (Lipinski definition) is 1. The zero-order chi connectivity index (χ0) is 4.83. The fraction of sp³-hybridized carbons (Fsp3) is 0.667. The summed E-state index contributed by atoms with van der Waals surface area (Å²) in [7, 11) is 0. The van der Waals surface area contributed by atoms with Crippen LogP contribution in [0.1, 0.15) is 6.42 Å². The molecule has 0 aromatic carbocycles. The van der Waals surface area contributed by atoms with Crippen LogP contribution in [0.4, 0.5) is 0 Å². The van der Waals surface area contributed by atoms with E-state index in [9.17, 15) is 4.21 Å². The Labute approximate surface area is 39.9 Å². The van der Waals surface area contributed by atoms with E-state index in [2.05, 4.69) is 0 Å². The van der Waals surface area contributed by atoms with Crippen molar-refractivity contribution in [1.29, 1.82) is 0 Å². The Kier molecular flexibility index (Phi) is 4.73. The molecule has 0 aliphatic carbocycles. The van der Waals surface area contributed by atoms with Gasteiger partial charge in [0.2, 0.25) is 0 Å². The van der Waals surface area contributed by atoms with E-state index >= 15 is 0 Å². The van der Waals surface area contributed by atoms with Crippen LogP contribution < -0.4 is 0 Å². The first-order valence-electron chi connectivity index (χ1n) is 1.63. The molecule has 0 heterocycles. The third kappa shape index (κ3) is 3.85. The van der Waals surface area contributed by atoms with E-state index < -0.39 is 0 Å². The molecule has 0 rings (SSSR count). The molecule has 0 aromatic heterocycles. The third-order valence-electron chi connectivity index (χ3n) is 0.315. The molecule has 1 N–H and O–H groups in total. The maximum Gasteiger partial charge on any atom is 0.0841 e. The van der Waals surface area contributed by atoms with Gasteiger partial charge in [0.25, 0.3) is 0 Å². The number of rotatable bonds is 2. The molecule has 0 amide bonds. The first-order chi connectivity index (χ1) is 2.91. The van der Waals surface area contributed by atoms with E-state index in [1.54, 1.807) is 0 Å². The molecule has 36 valence electrons. The molecule has 0 aromatic rings. The maximum absolute atomic E-state index is 9.44.